The predicted octanol–water partition coefficient (Wildman–Crippen LogP) is 2.01. The highest BCUT2D eigenvalue weighted by Gasteiger charge is 2.11. The van der Waals surface area contributed by atoms with Gasteiger partial charge in [0.05, 0.1) is 11.6 Å². The van der Waals surface area contributed by atoms with Gasteiger partial charge in [-0.1, -0.05) is 0 Å². The van der Waals surface area contributed by atoms with Gasteiger partial charge >= 0.3 is 0 Å². The molecule has 0 bridgehead atoms. The Kier molecular flexibility index (Phi) is 2.46. The summed E-state index contributed by atoms with van der Waals surface area (Å²) in [4.78, 5) is 12.2. The molecule has 0 saturated heterocycles. The van der Waals surface area contributed by atoms with E-state index in [1.54, 1.807) is 6.20 Å². The average molecular weight is 271 g/mol. The largest absolute Gasteiger partial charge is 0.261 e. The molecule has 3 aromatic heterocycles. The number of hydrogen-bond acceptors (Lipinski definition) is 7. The summed E-state index contributed by atoms with van der Waals surface area (Å²) in [6, 6.07) is 0. The lowest BCUT2D eigenvalue weighted by Crippen LogP contribution is -1.87. The summed E-state index contributed by atoms with van der Waals surface area (Å²) in [6.45, 7) is 0. The van der Waals surface area contributed by atoms with Gasteiger partial charge in [-0.2, -0.15) is 14.5 Å². The molecule has 16 heavy (non-hydrogen) atoms. The molecule has 0 aliphatic carbocycles. The molecular formula is C7H3ClN6S2. The number of halogens is 1. The quantitative estimate of drug-likeness (QED) is 0.567. The fourth-order valence-corrected chi connectivity index (χ4v) is 2.82. The van der Waals surface area contributed by atoms with Gasteiger partial charge in [-0.3, -0.25) is 5.10 Å². The number of fused-ring (bicyclic) bond motifs is 1. The number of rotatable bonds is 2. The summed E-state index contributed by atoms with van der Waals surface area (Å²) in [6.07, 6.45) is 3.16. The molecule has 1 N–H and O–H groups in total. The Balaban J connectivity index is 2.11. The third kappa shape index (κ3) is 1.75. The van der Waals surface area contributed by atoms with E-state index in [0.29, 0.717) is 5.65 Å². The Hall–Kier alpha value is -1.25. The lowest BCUT2D eigenvalue weighted by Gasteiger charge is -1.98. The van der Waals surface area contributed by atoms with Crippen LogP contribution in [0, 0.1) is 0 Å². The molecule has 3 rings (SSSR count). The van der Waals surface area contributed by atoms with Gasteiger partial charge in [0.15, 0.2) is 9.99 Å². The number of H-pyrrole nitrogens is 1. The first-order valence-corrected chi connectivity index (χ1v) is 6.11. The van der Waals surface area contributed by atoms with Crippen molar-refractivity contribution >= 4 is 45.9 Å². The van der Waals surface area contributed by atoms with Gasteiger partial charge in [0.25, 0.3) is 0 Å². The van der Waals surface area contributed by atoms with Gasteiger partial charge in [-0.15, -0.1) is 0 Å². The molecule has 0 aliphatic heterocycles. The van der Waals surface area contributed by atoms with Crippen LogP contribution in [0.3, 0.4) is 0 Å². The van der Waals surface area contributed by atoms with Crippen LogP contribution >= 0.6 is 34.9 Å². The van der Waals surface area contributed by atoms with Gasteiger partial charge in [-0.05, 0) is 34.9 Å². The second kappa shape index (κ2) is 3.96. The van der Waals surface area contributed by atoms with Gasteiger partial charge in [0.1, 0.15) is 11.4 Å². The molecular weight excluding hydrogens is 268 g/mol. The summed E-state index contributed by atoms with van der Waals surface area (Å²) >= 11 is 8.50. The van der Waals surface area contributed by atoms with Crippen molar-refractivity contribution in [2.24, 2.45) is 0 Å². The first-order chi connectivity index (χ1) is 7.83. The number of aromatic amines is 1. The second-order valence-corrected chi connectivity index (χ2v) is 5.09. The number of hydrogen-bond donors (Lipinski definition) is 1. The summed E-state index contributed by atoms with van der Waals surface area (Å²) in [7, 11) is 0. The normalized spacial score (nSPS) is 11.1. The fourth-order valence-electron chi connectivity index (χ4n) is 1.15. The zero-order chi connectivity index (χ0) is 11.0. The first-order valence-electron chi connectivity index (χ1n) is 4.14. The molecule has 80 valence electrons. The SMILES string of the molecule is Clc1nc(Sc2ncns2)c2cn[nH]c2n1. The van der Waals surface area contributed by atoms with Crippen LogP contribution in [0.15, 0.2) is 21.9 Å². The zero-order valence-corrected chi connectivity index (χ0v) is 9.97. The van der Waals surface area contributed by atoms with E-state index in [1.165, 1.54) is 29.6 Å². The minimum atomic E-state index is 0.184. The molecule has 0 saturated carbocycles. The van der Waals surface area contributed by atoms with E-state index in [1.807, 2.05) is 0 Å². The first kappa shape index (κ1) is 9.94. The molecule has 0 amide bonds. The van der Waals surface area contributed by atoms with E-state index in [2.05, 4.69) is 29.5 Å². The Labute approximate surface area is 103 Å². The van der Waals surface area contributed by atoms with Gasteiger partial charge in [-0.25, -0.2) is 9.97 Å². The minimum absolute atomic E-state index is 0.184. The second-order valence-electron chi connectivity index (χ2n) is 2.74. The molecule has 3 heterocycles. The maximum Gasteiger partial charge on any atom is 0.225 e. The highest BCUT2D eigenvalue weighted by atomic mass is 35.5. The molecule has 0 fully saturated rings. The van der Waals surface area contributed by atoms with Crippen molar-refractivity contribution in [1.29, 1.82) is 0 Å². The smallest absolute Gasteiger partial charge is 0.225 e. The Morgan fingerprint density at radius 2 is 2.31 bits per heavy atom. The van der Waals surface area contributed by atoms with E-state index in [9.17, 15) is 0 Å². The average Bonchev–Trinajstić information content (AvgIpc) is 2.87. The minimum Gasteiger partial charge on any atom is -0.261 e. The molecule has 0 aliphatic rings. The number of aromatic nitrogens is 6. The molecule has 9 heteroatoms. The molecule has 6 nitrogen and oxygen atoms in total. The van der Waals surface area contributed by atoms with Crippen LogP contribution in [0.2, 0.25) is 5.28 Å². The number of nitrogens with zero attached hydrogens (tertiary/aromatic N) is 5. The van der Waals surface area contributed by atoms with E-state index >= 15 is 0 Å². The highest BCUT2D eigenvalue weighted by molar-refractivity contribution is 8.01. The maximum atomic E-state index is 5.80. The molecule has 0 aromatic carbocycles. The van der Waals surface area contributed by atoms with Gasteiger partial charge < -0.3 is 0 Å². The third-order valence-electron chi connectivity index (χ3n) is 1.77. The van der Waals surface area contributed by atoms with Crippen molar-refractivity contribution in [3.05, 3.63) is 17.8 Å². The summed E-state index contributed by atoms with van der Waals surface area (Å²) < 4.78 is 4.72. The van der Waals surface area contributed by atoms with E-state index in [4.69, 9.17) is 11.6 Å². The van der Waals surface area contributed by atoms with Crippen molar-refractivity contribution in [3.63, 3.8) is 0 Å². The van der Waals surface area contributed by atoms with Crippen LogP contribution in [0.25, 0.3) is 11.0 Å². The lowest BCUT2D eigenvalue weighted by molar-refractivity contribution is 1.07. The monoisotopic (exact) mass is 270 g/mol. The molecule has 0 unspecified atom stereocenters. The number of nitrogens with one attached hydrogen (secondary N) is 1. The molecule has 0 atom stereocenters. The van der Waals surface area contributed by atoms with Crippen LogP contribution in [-0.2, 0) is 0 Å². The summed E-state index contributed by atoms with van der Waals surface area (Å²) in [5, 5.41) is 8.38. The van der Waals surface area contributed by atoms with E-state index in [0.717, 1.165) is 14.8 Å². The topological polar surface area (TPSA) is 80.2 Å². The van der Waals surface area contributed by atoms with Crippen molar-refractivity contribution in [3.8, 4) is 0 Å². The van der Waals surface area contributed by atoms with Gasteiger partial charge in [0.2, 0.25) is 5.28 Å². The van der Waals surface area contributed by atoms with Crippen molar-refractivity contribution < 1.29 is 0 Å². The van der Waals surface area contributed by atoms with Crippen molar-refractivity contribution in [2.75, 3.05) is 0 Å². The Bertz CT molecular complexity index is 621. The van der Waals surface area contributed by atoms with Crippen LogP contribution in [0.4, 0.5) is 0 Å². The zero-order valence-electron chi connectivity index (χ0n) is 7.59. The van der Waals surface area contributed by atoms with E-state index in [-0.39, 0.29) is 5.28 Å². The van der Waals surface area contributed by atoms with E-state index < -0.39 is 0 Å². The fraction of sp³-hybridized carbons (Fsp3) is 0. The van der Waals surface area contributed by atoms with Crippen LogP contribution in [0.1, 0.15) is 0 Å². The maximum absolute atomic E-state index is 5.80. The van der Waals surface area contributed by atoms with Crippen LogP contribution in [-0.4, -0.2) is 29.5 Å². The van der Waals surface area contributed by atoms with Crippen molar-refractivity contribution in [1.82, 2.24) is 29.5 Å². The van der Waals surface area contributed by atoms with Crippen molar-refractivity contribution in [2.45, 2.75) is 9.37 Å². The molecule has 0 spiro atoms. The standard InChI is InChI=1S/C7H3ClN6S2/c8-6-12-4-3(1-10-14-4)5(13-6)15-7-9-2-11-16-7/h1-2H,(H,10,12,13,14). The Morgan fingerprint density at radius 3 is 3.12 bits per heavy atom. The van der Waals surface area contributed by atoms with Crippen LogP contribution in [0.5, 0.6) is 0 Å². The lowest BCUT2D eigenvalue weighted by atomic mass is 10.4. The predicted molar refractivity (Wildman–Crippen MR) is 60.7 cm³/mol. The highest BCUT2D eigenvalue weighted by Crippen LogP contribution is 2.31. The summed E-state index contributed by atoms with van der Waals surface area (Å²) in [5.74, 6) is 0. The summed E-state index contributed by atoms with van der Waals surface area (Å²) in [5.41, 5.74) is 0.618. The van der Waals surface area contributed by atoms with Gasteiger partial charge in [0, 0.05) is 0 Å². The molecule has 3 aromatic rings. The molecule has 0 radical (unpaired) electrons. The Morgan fingerprint density at radius 1 is 1.38 bits per heavy atom. The third-order valence-corrected chi connectivity index (χ3v) is 3.66. The van der Waals surface area contributed by atoms with Crippen LogP contribution < -0.4 is 0 Å².